The van der Waals surface area contributed by atoms with Gasteiger partial charge in [-0.3, -0.25) is 10.1 Å². The lowest BCUT2D eigenvalue weighted by Crippen LogP contribution is -2.37. The van der Waals surface area contributed by atoms with Crippen LogP contribution in [-0.4, -0.2) is 55.7 Å². The molecule has 1 unspecified atom stereocenters. The third-order valence-electron chi connectivity index (χ3n) is 2.94. The van der Waals surface area contributed by atoms with Gasteiger partial charge in [-0.15, -0.1) is 11.8 Å². The molecular weight excluding hydrogens is 274 g/mol. The van der Waals surface area contributed by atoms with Gasteiger partial charge in [0.05, 0.1) is 6.04 Å². The second-order valence-electron chi connectivity index (χ2n) is 4.94. The first kappa shape index (κ1) is 15.2. The molecule has 1 aliphatic rings. The molecule has 1 fully saturated rings. The Bertz CT molecular complexity index is 448. The second kappa shape index (κ2) is 7.52. The van der Waals surface area contributed by atoms with Crippen molar-refractivity contribution < 1.29 is 9.53 Å². The minimum atomic E-state index is -0.0988. The van der Waals surface area contributed by atoms with Crippen molar-refractivity contribution in [3.8, 4) is 5.75 Å². The van der Waals surface area contributed by atoms with Gasteiger partial charge < -0.3 is 15.0 Å². The molecular formula is C14H21N3O2S. The van der Waals surface area contributed by atoms with E-state index in [9.17, 15) is 4.79 Å². The molecule has 2 rings (SSSR count). The summed E-state index contributed by atoms with van der Waals surface area (Å²) in [7, 11) is 4.01. The van der Waals surface area contributed by atoms with Crippen LogP contribution in [-0.2, 0) is 4.79 Å². The Balaban J connectivity index is 1.86. The minimum absolute atomic E-state index is 0.0143. The van der Waals surface area contributed by atoms with E-state index >= 15 is 0 Å². The fourth-order valence-corrected chi connectivity index (χ4v) is 2.74. The van der Waals surface area contributed by atoms with Crippen molar-refractivity contribution in [2.75, 3.05) is 44.2 Å². The normalized spacial score (nSPS) is 18.2. The fourth-order valence-electron chi connectivity index (χ4n) is 1.80. The predicted molar refractivity (Wildman–Crippen MR) is 83.4 cm³/mol. The Morgan fingerprint density at radius 1 is 1.55 bits per heavy atom. The van der Waals surface area contributed by atoms with Gasteiger partial charge in [0.15, 0.2) is 0 Å². The number of benzene rings is 1. The quantitative estimate of drug-likeness (QED) is 0.827. The Morgan fingerprint density at radius 2 is 2.40 bits per heavy atom. The Labute approximate surface area is 124 Å². The number of hydrogen-bond donors (Lipinski definition) is 2. The summed E-state index contributed by atoms with van der Waals surface area (Å²) in [6.07, 6.45) is 0. The van der Waals surface area contributed by atoms with Crippen LogP contribution in [0.5, 0.6) is 5.75 Å². The zero-order valence-corrected chi connectivity index (χ0v) is 12.7. The van der Waals surface area contributed by atoms with E-state index in [1.807, 2.05) is 38.4 Å². The largest absolute Gasteiger partial charge is 0.492 e. The average molecular weight is 295 g/mol. The molecule has 0 spiro atoms. The molecule has 1 aromatic carbocycles. The van der Waals surface area contributed by atoms with Crippen LogP contribution in [0.3, 0.4) is 0 Å². The van der Waals surface area contributed by atoms with Crippen molar-refractivity contribution in [1.82, 2.24) is 10.2 Å². The maximum atomic E-state index is 12.0. The zero-order valence-electron chi connectivity index (χ0n) is 11.9. The van der Waals surface area contributed by atoms with Crippen LogP contribution in [0.25, 0.3) is 0 Å². The highest BCUT2D eigenvalue weighted by molar-refractivity contribution is 7.99. The van der Waals surface area contributed by atoms with Gasteiger partial charge in [-0.05, 0) is 26.2 Å². The fraction of sp³-hybridized carbons (Fsp3) is 0.500. The second-order valence-corrected chi connectivity index (χ2v) is 5.97. The molecule has 2 N–H and O–H groups in total. The summed E-state index contributed by atoms with van der Waals surface area (Å²) >= 11 is 1.74. The predicted octanol–water partition coefficient (Wildman–Crippen LogP) is 1.23. The summed E-state index contributed by atoms with van der Waals surface area (Å²) in [6.45, 7) is 1.49. The number of hydrogen-bond acceptors (Lipinski definition) is 5. The first-order valence-electron chi connectivity index (χ1n) is 6.65. The number of nitrogens with zero attached hydrogens (tertiary/aromatic N) is 1. The van der Waals surface area contributed by atoms with E-state index in [0.717, 1.165) is 29.6 Å². The molecule has 5 nitrogen and oxygen atoms in total. The van der Waals surface area contributed by atoms with Gasteiger partial charge in [-0.2, -0.15) is 0 Å². The van der Waals surface area contributed by atoms with Crippen LogP contribution in [0.1, 0.15) is 0 Å². The smallest absolute Gasteiger partial charge is 0.242 e. The van der Waals surface area contributed by atoms with E-state index < -0.39 is 0 Å². The number of carbonyl (C=O) groups is 1. The van der Waals surface area contributed by atoms with Gasteiger partial charge >= 0.3 is 0 Å². The summed E-state index contributed by atoms with van der Waals surface area (Å²) < 4.78 is 5.65. The molecule has 6 heteroatoms. The number of anilines is 1. The third kappa shape index (κ3) is 4.70. The lowest BCUT2D eigenvalue weighted by molar-refractivity contribution is -0.117. The number of thioether (sulfide) groups is 1. The molecule has 1 amide bonds. The molecule has 1 aromatic rings. The van der Waals surface area contributed by atoms with Crippen molar-refractivity contribution in [3.05, 3.63) is 24.3 Å². The Hall–Kier alpha value is -1.24. The first-order chi connectivity index (χ1) is 9.65. The molecule has 1 saturated heterocycles. The minimum Gasteiger partial charge on any atom is -0.492 e. The highest BCUT2D eigenvalue weighted by Crippen LogP contribution is 2.18. The summed E-state index contributed by atoms with van der Waals surface area (Å²) in [4.78, 5) is 14.1. The van der Waals surface area contributed by atoms with Crippen LogP contribution < -0.4 is 15.4 Å². The maximum Gasteiger partial charge on any atom is 0.242 e. The third-order valence-corrected chi connectivity index (χ3v) is 3.88. The topological polar surface area (TPSA) is 53.6 Å². The van der Waals surface area contributed by atoms with Gasteiger partial charge in [-0.1, -0.05) is 6.07 Å². The van der Waals surface area contributed by atoms with Crippen molar-refractivity contribution >= 4 is 23.4 Å². The zero-order chi connectivity index (χ0) is 14.4. The summed E-state index contributed by atoms with van der Waals surface area (Å²) in [5, 5.41) is 6.07. The van der Waals surface area contributed by atoms with E-state index in [1.165, 1.54) is 0 Å². The van der Waals surface area contributed by atoms with Crippen molar-refractivity contribution in [2.45, 2.75) is 6.04 Å². The maximum absolute atomic E-state index is 12.0. The Morgan fingerprint density at radius 3 is 3.10 bits per heavy atom. The van der Waals surface area contributed by atoms with E-state index in [0.29, 0.717) is 6.61 Å². The van der Waals surface area contributed by atoms with E-state index in [1.54, 1.807) is 11.8 Å². The SMILES string of the molecule is CN(C)CCOc1cccc(NC(=O)C2CSCN2)c1. The summed E-state index contributed by atoms with van der Waals surface area (Å²) in [5.74, 6) is 2.45. The monoisotopic (exact) mass is 295 g/mol. The molecule has 110 valence electrons. The highest BCUT2D eigenvalue weighted by atomic mass is 32.2. The molecule has 0 radical (unpaired) electrons. The number of ether oxygens (including phenoxy) is 1. The lowest BCUT2D eigenvalue weighted by atomic mass is 10.2. The van der Waals surface area contributed by atoms with Crippen molar-refractivity contribution in [3.63, 3.8) is 0 Å². The molecule has 0 bridgehead atoms. The number of nitrogens with one attached hydrogen (secondary N) is 2. The van der Waals surface area contributed by atoms with Crippen LogP contribution >= 0.6 is 11.8 Å². The summed E-state index contributed by atoms with van der Waals surface area (Å²) in [6, 6.07) is 7.42. The molecule has 1 atom stereocenters. The van der Waals surface area contributed by atoms with E-state index in [4.69, 9.17) is 4.74 Å². The highest BCUT2D eigenvalue weighted by Gasteiger charge is 2.22. The molecule has 20 heavy (non-hydrogen) atoms. The lowest BCUT2D eigenvalue weighted by Gasteiger charge is -2.13. The standard InChI is InChI=1S/C14H21N3O2S/c1-17(2)6-7-19-12-5-3-4-11(8-12)16-14(18)13-9-20-10-15-13/h3-5,8,13,15H,6-7,9-10H2,1-2H3,(H,16,18). The van der Waals surface area contributed by atoms with Gasteiger partial charge in [0.25, 0.3) is 0 Å². The number of carbonyl (C=O) groups excluding carboxylic acids is 1. The van der Waals surface area contributed by atoms with Crippen LogP contribution in [0.2, 0.25) is 0 Å². The number of amides is 1. The van der Waals surface area contributed by atoms with Gasteiger partial charge in [-0.25, -0.2) is 0 Å². The summed E-state index contributed by atoms with van der Waals surface area (Å²) in [5.41, 5.74) is 0.774. The molecule has 0 aliphatic carbocycles. The molecule has 1 heterocycles. The van der Waals surface area contributed by atoms with Crippen molar-refractivity contribution in [1.29, 1.82) is 0 Å². The van der Waals surface area contributed by atoms with E-state index in [2.05, 4.69) is 15.5 Å². The molecule has 0 aromatic heterocycles. The van der Waals surface area contributed by atoms with Crippen LogP contribution in [0, 0.1) is 0 Å². The molecule has 1 aliphatic heterocycles. The Kier molecular flexibility index (Phi) is 5.70. The first-order valence-corrected chi connectivity index (χ1v) is 7.80. The number of likely N-dealkylation sites (N-methyl/N-ethyl adjacent to an activating group) is 1. The van der Waals surface area contributed by atoms with E-state index in [-0.39, 0.29) is 11.9 Å². The van der Waals surface area contributed by atoms with Crippen LogP contribution in [0.4, 0.5) is 5.69 Å². The van der Waals surface area contributed by atoms with Crippen LogP contribution in [0.15, 0.2) is 24.3 Å². The van der Waals surface area contributed by atoms with Gasteiger partial charge in [0, 0.05) is 29.9 Å². The average Bonchev–Trinajstić information content (AvgIpc) is 2.92. The van der Waals surface area contributed by atoms with Crippen molar-refractivity contribution in [2.24, 2.45) is 0 Å². The van der Waals surface area contributed by atoms with Gasteiger partial charge in [0.1, 0.15) is 12.4 Å². The molecule has 0 saturated carbocycles. The number of rotatable bonds is 6. The van der Waals surface area contributed by atoms with Gasteiger partial charge in [0.2, 0.25) is 5.91 Å².